The van der Waals surface area contributed by atoms with Gasteiger partial charge in [-0.05, 0) is 18.2 Å². The minimum absolute atomic E-state index is 0.181. The fourth-order valence-corrected chi connectivity index (χ4v) is 4.18. The summed E-state index contributed by atoms with van der Waals surface area (Å²) in [6.07, 6.45) is 0. The minimum atomic E-state index is -3.66. The molecule has 0 amide bonds. The van der Waals surface area contributed by atoms with Gasteiger partial charge in [0, 0.05) is 11.8 Å². The van der Waals surface area contributed by atoms with Gasteiger partial charge >= 0.3 is 0 Å². The molecular weight excluding hydrogens is 322 g/mol. The van der Waals surface area contributed by atoms with E-state index < -0.39 is 10.0 Å². The lowest BCUT2D eigenvalue weighted by Crippen LogP contribution is -2.12. The van der Waals surface area contributed by atoms with Gasteiger partial charge in [0.15, 0.2) is 5.13 Å². The first-order valence-corrected chi connectivity index (χ1v) is 8.61. The van der Waals surface area contributed by atoms with E-state index in [4.69, 9.17) is 10.5 Å². The molecule has 0 fully saturated rings. The summed E-state index contributed by atoms with van der Waals surface area (Å²) in [5.74, 6) is 0.511. The van der Waals surface area contributed by atoms with E-state index in [2.05, 4.69) is 9.71 Å². The maximum absolute atomic E-state index is 12.3. The lowest BCUT2D eigenvalue weighted by atomic mass is 10.3. The average Bonchev–Trinajstić information content (AvgIpc) is 2.88. The van der Waals surface area contributed by atoms with Crippen molar-refractivity contribution in [3.05, 3.63) is 42.5 Å². The van der Waals surface area contributed by atoms with Crippen molar-refractivity contribution in [2.24, 2.45) is 0 Å². The molecule has 0 atom stereocenters. The van der Waals surface area contributed by atoms with Crippen LogP contribution in [0, 0.1) is 0 Å². The molecule has 22 heavy (non-hydrogen) atoms. The van der Waals surface area contributed by atoms with Gasteiger partial charge in [0.2, 0.25) is 0 Å². The number of hydrogen-bond acceptors (Lipinski definition) is 6. The molecule has 0 saturated carbocycles. The predicted molar refractivity (Wildman–Crippen MR) is 87.8 cm³/mol. The van der Waals surface area contributed by atoms with Crippen LogP contribution in [0.15, 0.2) is 47.4 Å². The van der Waals surface area contributed by atoms with Crippen LogP contribution >= 0.6 is 11.3 Å². The molecule has 1 aromatic heterocycles. The Bertz CT molecular complexity index is 921. The van der Waals surface area contributed by atoms with E-state index in [1.165, 1.54) is 30.6 Å². The average molecular weight is 335 g/mol. The number of fused-ring (bicyclic) bond motifs is 1. The number of nitrogens with zero attached hydrogens (tertiary/aromatic N) is 1. The number of thiazole rings is 1. The number of sulfonamides is 1. The molecule has 8 heteroatoms. The molecule has 0 aliphatic carbocycles. The number of ether oxygens (including phenoxy) is 1. The number of benzene rings is 2. The molecule has 114 valence electrons. The number of methoxy groups -OCH3 is 1. The maximum atomic E-state index is 12.3. The highest BCUT2D eigenvalue weighted by molar-refractivity contribution is 7.93. The SMILES string of the molecule is COc1cc(N)cc2sc(NS(=O)(=O)c3ccccc3)nc12. The summed E-state index contributed by atoms with van der Waals surface area (Å²) in [6.45, 7) is 0. The molecule has 0 aliphatic heterocycles. The second kappa shape index (κ2) is 5.47. The van der Waals surface area contributed by atoms with Gasteiger partial charge in [0.25, 0.3) is 10.0 Å². The number of hydrogen-bond donors (Lipinski definition) is 2. The first-order chi connectivity index (χ1) is 10.5. The monoisotopic (exact) mass is 335 g/mol. The van der Waals surface area contributed by atoms with Crippen LogP contribution in [0.4, 0.5) is 10.8 Å². The third kappa shape index (κ3) is 2.70. The number of anilines is 2. The third-order valence-corrected chi connectivity index (χ3v) is 5.38. The van der Waals surface area contributed by atoms with Crippen molar-refractivity contribution in [3.63, 3.8) is 0 Å². The smallest absolute Gasteiger partial charge is 0.263 e. The Kier molecular flexibility index (Phi) is 3.63. The van der Waals surface area contributed by atoms with Crippen molar-refractivity contribution in [2.75, 3.05) is 17.6 Å². The van der Waals surface area contributed by atoms with Crippen LogP contribution in [0.5, 0.6) is 5.75 Å². The molecule has 2 aromatic carbocycles. The quantitative estimate of drug-likeness (QED) is 0.715. The Labute approximate surface area is 131 Å². The van der Waals surface area contributed by atoms with Gasteiger partial charge in [-0.15, -0.1) is 0 Å². The van der Waals surface area contributed by atoms with E-state index in [1.807, 2.05) is 0 Å². The molecule has 1 heterocycles. The Morgan fingerprint density at radius 1 is 1.23 bits per heavy atom. The van der Waals surface area contributed by atoms with Crippen molar-refractivity contribution in [1.82, 2.24) is 4.98 Å². The first kappa shape index (κ1) is 14.6. The second-order valence-electron chi connectivity index (χ2n) is 4.51. The summed E-state index contributed by atoms with van der Waals surface area (Å²) in [7, 11) is -2.15. The summed E-state index contributed by atoms with van der Waals surface area (Å²) in [6, 6.07) is 11.5. The number of rotatable bonds is 4. The van der Waals surface area contributed by atoms with Crippen LogP contribution in [-0.4, -0.2) is 20.5 Å². The second-order valence-corrected chi connectivity index (χ2v) is 7.22. The highest BCUT2D eigenvalue weighted by atomic mass is 32.2. The third-order valence-electron chi connectivity index (χ3n) is 2.98. The first-order valence-electron chi connectivity index (χ1n) is 6.31. The van der Waals surface area contributed by atoms with E-state index in [0.717, 1.165) is 4.70 Å². The zero-order valence-electron chi connectivity index (χ0n) is 11.6. The summed E-state index contributed by atoms with van der Waals surface area (Å²) < 4.78 is 33.1. The maximum Gasteiger partial charge on any atom is 0.263 e. The summed E-state index contributed by atoms with van der Waals surface area (Å²) in [5, 5.41) is 0.266. The molecule has 3 aromatic rings. The lowest BCUT2D eigenvalue weighted by Gasteiger charge is -2.04. The van der Waals surface area contributed by atoms with Crippen molar-refractivity contribution in [1.29, 1.82) is 0 Å². The van der Waals surface area contributed by atoms with Gasteiger partial charge in [-0.2, -0.15) is 0 Å². The Morgan fingerprint density at radius 3 is 2.64 bits per heavy atom. The minimum Gasteiger partial charge on any atom is -0.494 e. The van der Waals surface area contributed by atoms with Crippen molar-refractivity contribution in [3.8, 4) is 5.75 Å². The fourth-order valence-electron chi connectivity index (χ4n) is 1.99. The summed E-state index contributed by atoms with van der Waals surface area (Å²) in [4.78, 5) is 4.46. The predicted octanol–water partition coefficient (Wildman–Crippen LogP) is 2.69. The largest absolute Gasteiger partial charge is 0.494 e. The molecule has 6 nitrogen and oxygen atoms in total. The molecular formula is C14H13N3O3S2. The number of nitrogen functional groups attached to an aromatic ring is 1. The van der Waals surface area contributed by atoms with Gasteiger partial charge in [0.1, 0.15) is 11.3 Å². The van der Waals surface area contributed by atoms with Crippen molar-refractivity contribution >= 4 is 42.4 Å². The van der Waals surface area contributed by atoms with Gasteiger partial charge in [-0.3, -0.25) is 4.72 Å². The van der Waals surface area contributed by atoms with E-state index in [-0.39, 0.29) is 10.0 Å². The van der Waals surface area contributed by atoms with Crippen LogP contribution < -0.4 is 15.2 Å². The summed E-state index contributed by atoms with van der Waals surface area (Å²) in [5.41, 5.74) is 6.90. The fraction of sp³-hybridized carbons (Fsp3) is 0.0714. The van der Waals surface area contributed by atoms with Crippen LogP contribution in [0.1, 0.15) is 0 Å². The van der Waals surface area contributed by atoms with E-state index in [1.54, 1.807) is 30.3 Å². The Hall–Kier alpha value is -2.32. The topological polar surface area (TPSA) is 94.3 Å². The zero-order chi connectivity index (χ0) is 15.7. The molecule has 0 bridgehead atoms. The van der Waals surface area contributed by atoms with Crippen molar-refractivity contribution in [2.45, 2.75) is 4.90 Å². The molecule has 0 radical (unpaired) electrons. The molecule has 0 unspecified atom stereocenters. The van der Waals surface area contributed by atoms with Crippen LogP contribution in [0.3, 0.4) is 0 Å². The number of aromatic nitrogens is 1. The van der Waals surface area contributed by atoms with Crippen LogP contribution in [-0.2, 0) is 10.0 Å². The van der Waals surface area contributed by atoms with Gasteiger partial charge in [-0.1, -0.05) is 29.5 Å². The van der Waals surface area contributed by atoms with Gasteiger partial charge in [-0.25, -0.2) is 13.4 Å². The number of nitrogens with two attached hydrogens (primary N) is 1. The molecule has 3 N–H and O–H groups in total. The van der Waals surface area contributed by atoms with E-state index in [9.17, 15) is 8.42 Å². The Balaban J connectivity index is 2.01. The molecule has 0 spiro atoms. The normalized spacial score (nSPS) is 11.5. The summed E-state index contributed by atoms with van der Waals surface area (Å²) >= 11 is 1.20. The molecule has 3 rings (SSSR count). The van der Waals surface area contributed by atoms with E-state index >= 15 is 0 Å². The van der Waals surface area contributed by atoms with Gasteiger partial charge in [0.05, 0.1) is 16.7 Å². The highest BCUT2D eigenvalue weighted by Gasteiger charge is 2.17. The van der Waals surface area contributed by atoms with Gasteiger partial charge < -0.3 is 10.5 Å². The lowest BCUT2D eigenvalue weighted by molar-refractivity contribution is 0.419. The standard InChI is InChI=1S/C14H13N3O3S2/c1-20-11-7-9(15)8-12-13(11)16-14(21-12)17-22(18,19)10-5-3-2-4-6-10/h2-8H,15H2,1H3,(H,16,17). The number of nitrogens with one attached hydrogen (secondary N) is 1. The van der Waals surface area contributed by atoms with Crippen molar-refractivity contribution < 1.29 is 13.2 Å². The van der Waals surface area contributed by atoms with Crippen LogP contribution in [0.2, 0.25) is 0 Å². The highest BCUT2D eigenvalue weighted by Crippen LogP contribution is 2.35. The molecule has 0 saturated heterocycles. The molecule has 0 aliphatic rings. The van der Waals surface area contributed by atoms with E-state index in [0.29, 0.717) is 17.0 Å². The van der Waals surface area contributed by atoms with Crippen LogP contribution in [0.25, 0.3) is 10.2 Å². The zero-order valence-corrected chi connectivity index (χ0v) is 13.2. The Morgan fingerprint density at radius 2 is 1.95 bits per heavy atom.